The Labute approximate surface area is 133 Å². The number of nitrogens with one attached hydrogen (secondary N) is 1. The predicted octanol–water partition coefficient (Wildman–Crippen LogP) is 2.14. The van der Waals surface area contributed by atoms with Crippen LogP contribution >= 0.6 is 0 Å². The van der Waals surface area contributed by atoms with Crippen molar-refractivity contribution in [3.05, 3.63) is 47.4 Å². The van der Waals surface area contributed by atoms with E-state index < -0.39 is 6.04 Å². The molecule has 1 aromatic heterocycles. The number of nitrogens with zero attached hydrogens (tertiary/aromatic N) is 3. The van der Waals surface area contributed by atoms with E-state index in [-0.39, 0.29) is 5.97 Å². The van der Waals surface area contributed by atoms with Crippen molar-refractivity contribution in [1.29, 1.82) is 0 Å². The second-order valence-electron chi connectivity index (χ2n) is 5.07. The summed E-state index contributed by atoms with van der Waals surface area (Å²) in [6.07, 6.45) is 2.11. The van der Waals surface area contributed by atoms with E-state index in [0.717, 1.165) is 11.3 Å². The standard InChI is InChI=1S/C16H18N4O3/c1-4-12-13(15(21)23-3)14(20-16(19-12)17-9-18-20)10-6-5-7-11(8-10)22-2/h5-9,14H,4H2,1-3H3,(H,17,18,19)/t14-/m0/s1. The molecule has 3 rings (SSSR count). The van der Waals surface area contributed by atoms with Gasteiger partial charge in [-0.05, 0) is 24.1 Å². The minimum atomic E-state index is -0.411. The van der Waals surface area contributed by atoms with Gasteiger partial charge in [0.05, 0.1) is 19.8 Å². The first-order chi connectivity index (χ1) is 11.2. The molecule has 0 radical (unpaired) electrons. The van der Waals surface area contributed by atoms with Crippen molar-refractivity contribution in [1.82, 2.24) is 14.8 Å². The minimum absolute atomic E-state index is 0.386. The molecule has 1 atom stereocenters. The summed E-state index contributed by atoms with van der Waals surface area (Å²) in [7, 11) is 2.99. The number of ether oxygens (including phenoxy) is 2. The van der Waals surface area contributed by atoms with E-state index in [9.17, 15) is 4.79 Å². The summed E-state index contributed by atoms with van der Waals surface area (Å²) in [5, 5.41) is 7.42. The molecule has 23 heavy (non-hydrogen) atoms. The third kappa shape index (κ3) is 2.54. The van der Waals surface area contributed by atoms with Crippen LogP contribution in [-0.2, 0) is 9.53 Å². The molecule has 7 nitrogen and oxygen atoms in total. The molecule has 0 fully saturated rings. The Balaban J connectivity index is 2.20. The number of carbonyl (C=O) groups excluding carboxylic acids is 1. The van der Waals surface area contributed by atoms with E-state index in [1.54, 1.807) is 11.8 Å². The number of hydrogen-bond acceptors (Lipinski definition) is 6. The van der Waals surface area contributed by atoms with Gasteiger partial charge in [0.2, 0.25) is 5.95 Å². The third-order valence-corrected chi connectivity index (χ3v) is 3.85. The number of anilines is 1. The van der Waals surface area contributed by atoms with Crippen LogP contribution in [0.2, 0.25) is 0 Å². The molecule has 0 saturated carbocycles. The van der Waals surface area contributed by atoms with E-state index >= 15 is 0 Å². The van der Waals surface area contributed by atoms with E-state index in [1.165, 1.54) is 13.4 Å². The topological polar surface area (TPSA) is 78.3 Å². The first kappa shape index (κ1) is 15.1. The zero-order valence-corrected chi connectivity index (χ0v) is 13.2. The average Bonchev–Trinajstić information content (AvgIpc) is 3.07. The number of carbonyl (C=O) groups is 1. The molecular formula is C16H18N4O3. The highest BCUT2D eigenvalue weighted by atomic mass is 16.5. The van der Waals surface area contributed by atoms with Gasteiger partial charge in [0.1, 0.15) is 18.1 Å². The fourth-order valence-electron chi connectivity index (χ4n) is 2.76. The summed E-state index contributed by atoms with van der Waals surface area (Å²) in [6.45, 7) is 1.97. The Morgan fingerprint density at radius 1 is 1.39 bits per heavy atom. The molecule has 1 aromatic carbocycles. The molecule has 120 valence electrons. The van der Waals surface area contributed by atoms with Gasteiger partial charge in [-0.25, -0.2) is 9.48 Å². The fourth-order valence-corrected chi connectivity index (χ4v) is 2.76. The molecule has 1 aliphatic heterocycles. The van der Waals surface area contributed by atoms with E-state index in [2.05, 4.69) is 15.4 Å². The highest BCUT2D eigenvalue weighted by Gasteiger charge is 2.34. The number of rotatable bonds is 4. The van der Waals surface area contributed by atoms with Gasteiger partial charge in [-0.15, -0.1) is 0 Å². The van der Waals surface area contributed by atoms with Crippen LogP contribution in [0.3, 0.4) is 0 Å². The predicted molar refractivity (Wildman–Crippen MR) is 84.1 cm³/mol. The van der Waals surface area contributed by atoms with Crippen molar-refractivity contribution in [2.75, 3.05) is 19.5 Å². The van der Waals surface area contributed by atoms with Crippen molar-refractivity contribution < 1.29 is 14.3 Å². The van der Waals surface area contributed by atoms with Gasteiger partial charge in [-0.3, -0.25) is 0 Å². The first-order valence-corrected chi connectivity index (χ1v) is 7.31. The van der Waals surface area contributed by atoms with Gasteiger partial charge in [-0.1, -0.05) is 19.1 Å². The van der Waals surface area contributed by atoms with Crippen molar-refractivity contribution in [3.8, 4) is 5.75 Å². The highest BCUT2D eigenvalue weighted by molar-refractivity contribution is 5.92. The molecule has 0 bridgehead atoms. The van der Waals surface area contributed by atoms with Crippen LogP contribution in [-0.4, -0.2) is 35.0 Å². The summed E-state index contributed by atoms with van der Waals surface area (Å²) in [5.41, 5.74) is 2.19. The van der Waals surface area contributed by atoms with Crippen molar-refractivity contribution >= 4 is 11.9 Å². The Morgan fingerprint density at radius 3 is 2.91 bits per heavy atom. The van der Waals surface area contributed by atoms with Gasteiger partial charge in [0.15, 0.2) is 0 Å². The maximum Gasteiger partial charge on any atom is 0.338 e. The zero-order valence-electron chi connectivity index (χ0n) is 13.2. The first-order valence-electron chi connectivity index (χ1n) is 7.31. The van der Waals surface area contributed by atoms with Crippen LogP contribution in [0.4, 0.5) is 5.95 Å². The number of allylic oxidation sites excluding steroid dienone is 1. The van der Waals surface area contributed by atoms with E-state index in [1.807, 2.05) is 31.2 Å². The Kier molecular flexibility index (Phi) is 4.01. The summed E-state index contributed by atoms with van der Waals surface area (Å²) < 4.78 is 12.0. The Morgan fingerprint density at radius 2 is 2.22 bits per heavy atom. The van der Waals surface area contributed by atoms with Gasteiger partial charge >= 0.3 is 5.97 Å². The smallest absolute Gasteiger partial charge is 0.338 e. The quantitative estimate of drug-likeness (QED) is 0.871. The molecule has 1 aliphatic rings. The number of fused-ring (bicyclic) bond motifs is 1. The maximum atomic E-state index is 12.4. The van der Waals surface area contributed by atoms with Crippen molar-refractivity contribution in [2.45, 2.75) is 19.4 Å². The van der Waals surface area contributed by atoms with Gasteiger partial charge in [-0.2, -0.15) is 10.1 Å². The number of methoxy groups -OCH3 is 2. The largest absolute Gasteiger partial charge is 0.497 e. The van der Waals surface area contributed by atoms with E-state index in [0.29, 0.717) is 23.7 Å². The Bertz CT molecular complexity index is 766. The lowest BCUT2D eigenvalue weighted by atomic mass is 9.94. The highest BCUT2D eigenvalue weighted by Crippen LogP contribution is 2.36. The molecule has 0 amide bonds. The normalized spacial score (nSPS) is 16.6. The second kappa shape index (κ2) is 6.12. The lowest BCUT2D eigenvalue weighted by Gasteiger charge is -2.29. The maximum absolute atomic E-state index is 12.4. The van der Waals surface area contributed by atoms with Gasteiger partial charge < -0.3 is 14.8 Å². The zero-order chi connectivity index (χ0) is 16.4. The third-order valence-electron chi connectivity index (χ3n) is 3.85. The summed E-state index contributed by atoms with van der Waals surface area (Å²) in [6, 6.07) is 7.14. The molecule has 0 saturated heterocycles. The van der Waals surface area contributed by atoms with Crippen molar-refractivity contribution in [3.63, 3.8) is 0 Å². The summed E-state index contributed by atoms with van der Waals surface area (Å²) in [5.74, 6) is 0.926. The van der Waals surface area contributed by atoms with Gasteiger partial charge in [0.25, 0.3) is 0 Å². The van der Waals surface area contributed by atoms with Crippen molar-refractivity contribution in [2.24, 2.45) is 0 Å². The SMILES string of the molecule is CCC1=C(C(=O)OC)[C@H](c2cccc(OC)c2)n2ncnc2N1. The molecule has 7 heteroatoms. The van der Waals surface area contributed by atoms with E-state index in [4.69, 9.17) is 9.47 Å². The number of hydrogen-bond donors (Lipinski definition) is 1. The summed E-state index contributed by atoms with van der Waals surface area (Å²) in [4.78, 5) is 16.6. The lowest BCUT2D eigenvalue weighted by molar-refractivity contribution is -0.136. The van der Waals surface area contributed by atoms with Crippen LogP contribution in [0.15, 0.2) is 41.9 Å². The Hall–Kier alpha value is -2.83. The molecule has 0 unspecified atom stereocenters. The molecule has 0 spiro atoms. The van der Waals surface area contributed by atoms with Crippen LogP contribution < -0.4 is 10.1 Å². The van der Waals surface area contributed by atoms with Crippen LogP contribution in [0.25, 0.3) is 0 Å². The molecular weight excluding hydrogens is 296 g/mol. The summed E-state index contributed by atoms with van der Waals surface area (Å²) >= 11 is 0. The van der Waals surface area contributed by atoms with Crippen LogP contribution in [0.1, 0.15) is 24.9 Å². The lowest BCUT2D eigenvalue weighted by Crippen LogP contribution is -2.30. The number of benzene rings is 1. The average molecular weight is 314 g/mol. The molecule has 1 N–H and O–H groups in total. The van der Waals surface area contributed by atoms with Gasteiger partial charge in [0, 0.05) is 5.70 Å². The molecule has 0 aliphatic carbocycles. The van der Waals surface area contributed by atoms with Crippen LogP contribution in [0, 0.1) is 0 Å². The second-order valence-corrected chi connectivity index (χ2v) is 5.07. The minimum Gasteiger partial charge on any atom is -0.497 e. The molecule has 2 heterocycles. The molecule has 2 aromatic rings. The number of esters is 1. The van der Waals surface area contributed by atoms with Crippen LogP contribution in [0.5, 0.6) is 5.75 Å². The monoisotopic (exact) mass is 314 g/mol. The fraction of sp³-hybridized carbons (Fsp3) is 0.312. The number of aromatic nitrogens is 3.